The molecule has 1 N–H and O–H groups in total. The van der Waals surface area contributed by atoms with E-state index in [4.69, 9.17) is 4.98 Å². The molecule has 0 aliphatic heterocycles. The van der Waals surface area contributed by atoms with Crippen LogP contribution in [-0.2, 0) is 18.3 Å². The lowest BCUT2D eigenvalue weighted by atomic mass is 9.98. The molecular formula is C16H17N5OS2. The average Bonchev–Trinajstić information content (AvgIpc) is 3.24. The zero-order valence-electron chi connectivity index (χ0n) is 13.7. The second kappa shape index (κ2) is 5.49. The van der Waals surface area contributed by atoms with Crippen LogP contribution in [0.15, 0.2) is 18.7 Å². The quantitative estimate of drug-likeness (QED) is 0.714. The van der Waals surface area contributed by atoms with Gasteiger partial charge in [0.25, 0.3) is 0 Å². The first-order chi connectivity index (χ1) is 11.4. The number of rotatable bonds is 1. The third kappa shape index (κ3) is 2.65. The van der Waals surface area contributed by atoms with Crippen LogP contribution in [0, 0.1) is 0 Å². The maximum atomic E-state index is 12.1. The molecule has 0 saturated heterocycles. The van der Waals surface area contributed by atoms with Crippen LogP contribution in [0.1, 0.15) is 36.3 Å². The number of nitrogens with zero attached hydrogens (tertiary/aromatic N) is 4. The van der Waals surface area contributed by atoms with Crippen LogP contribution in [0.2, 0.25) is 0 Å². The van der Waals surface area contributed by atoms with E-state index in [0.29, 0.717) is 5.13 Å². The first kappa shape index (κ1) is 15.5. The Morgan fingerprint density at radius 3 is 2.79 bits per heavy atom. The minimum atomic E-state index is -0.257. The van der Waals surface area contributed by atoms with E-state index < -0.39 is 0 Å². The lowest BCUT2D eigenvalue weighted by Gasteiger charge is -2.13. The minimum absolute atomic E-state index is 0.0470. The van der Waals surface area contributed by atoms with Gasteiger partial charge in [-0.3, -0.25) is 9.88 Å². The maximum absolute atomic E-state index is 12.1. The third-order valence-corrected chi connectivity index (χ3v) is 6.35. The molecule has 0 spiro atoms. The van der Waals surface area contributed by atoms with Crippen LogP contribution >= 0.6 is 22.7 Å². The Balaban J connectivity index is 1.65. The Bertz CT molecular complexity index is 902. The molecule has 0 aromatic carbocycles. The van der Waals surface area contributed by atoms with E-state index in [9.17, 15) is 4.79 Å². The number of thiazole rings is 2. The largest absolute Gasteiger partial charge is 0.333 e. The Morgan fingerprint density at radius 1 is 1.25 bits per heavy atom. The number of nitrogens with one attached hydrogen (secondary N) is 1. The highest BCUT2D eigenvalue weighted by Gasteiger charge is 2.28. The predicted octanol–water partition coefficient (Wildman–Crippen LogP) is 3.94. The van der Waals surface area contributed by atoms with E-state index in [1.165, 1.54) is 27.1 Å². The van der Waals surface area contributed by atoms with E-state index >= 15 is 0 Å². The number of aromatic nitrogens is 4. The van der Waals surface area contributed by atoms with Gasteiger partial charge in [-0.1, -0.05) is 32.1 Å². The molecule has 3 heterocycles. The van der Waals surface area contributed by atoms with Gasteiger partial charge >= 0.3 is 6.03 Å². The third-order valence-electron chi connectivity index (χ3n) is 3.79. The number of aryl methyl sites for hydroxylation is 2. The molecule has 0 fully saturated rings. The number of hydrogen-bond donors (Lipinski definition) is 1. The molecule has 0 saturated carbocycles. The molecule has 0 bridgehead atoms. The molecule has 1 amide bonds. The van der Waals surface area contributed by atoms with Crippen molar-refractivity contribution in [2.24, 2.45) is 0 Å². The van der Waals surface area contributed by atoms with Crippen LogP contribution in [0.4, 0.5) is 9.93 Å². The fraction of sp³-hybridized carbons (Fsp3) is 0.375. The molecule has 6 nitrogen and oxygen atoms in total. The van der Waals surface area contributed by atoms with Gasteiger partial charge in [0.2, 0.25) is 0 Å². The van der Waals surface area contributed by atoms with Gasteiger partial charge < -0.3 is 0 Å². The predicted molar refractivity (Wildman–Crippen MR) is 96.0 cm³/mol. The highest BCUT2D eigenvalue weighted by Crippen LogP contribution is 2.43. The lowest BCUT2D eigenvalue weighted by Crippen LogP contribution is -2.17. The summed E-state index contributed by atoms with van der Waals surface area (Å²) in [5.74, 6) is 0. The molecule has 4 rings (SSSR count). The van der Waals surface area contributed by atoms with Crippen molar-refractivity contribution in [1.29, 1.82) is 0 Å². The standard InChI is InChI=1S/C16H17N5OS2/c1-16(2,3)13-19-11-10(23-13)5-4-9-12(11)24-14(18-9)20-15(22)21-7-6-17-8-21/h6-8H,4-5H2,1-3H3,(H,18,20,22). The number of amides is 1. The molecule has 1 aliphatic carbocycles. The molecule has 8 heteroatoms. The van der Waals surface area contributed by atoms with Crippen molar-refractivity contribution in [3.05, 3.63) is 34.3 Å². The molecule has 3 aromatic rings. The molecule has 1 aliphatic rings. The zero-order chi connectivity index (χ0) is 16.9. The number of imidazole rings is 1. The average molecular weight is 359 g/mol. The van der Waals surface area contributed by atoms with Crippen molar-refractivity contribution in [3.8, 4) is 10.6 Å². The zero-order valence-corrected chi connectivity index (χ0v) is 15.3. The minimum Gasteiger partial charge on any atom is -0.283 e. The van der Waals surface area contributed by atoms with E-state index in [2.05, 4.69) is 36.1 Å². The molecule has 3 aromatic heterocycles. The maximum Gasteiger partial charge on any atom is 0.333 e. The Hall–Kier alpha value is -2.06. The monoisotopic (exact) mass is 359 g/mol. The summed E-state index contributed by atoms with van der Waals surface area (Å²) in [6, 6.07) is -0.257. The summed E-state index contributed by atoms with van der Waals surface area (Å²) in [6.07, 6.45) is 6.51. The van der Waals surface area contributed by atoms with E-state index in [1.807, 2.05) is 0 Å². The molecular weight excluding hydrogens is 342 g/mol. The van der Waals surface area contributed by atoms with Gasteiger partial charge in [0, 0.05) is 22.7 Å². The van der Waals surface area contributed by atoms with Gasteiger partial charge in [-0.05, 0) is 12.8 Å². The summed E-state index contributed by atoms with van der Waals surface area (Å²) in [5, 5.41) is 4.60. The van der Waals surface area contributed by atoms with Crippen molar-refractivity contribution in [3.63, 3.8) is 0 Å². The number of carbonyl (C=O) groups is 1. The Kier molecular flexibility index (Phi) is 3.54. The van der Waals surface area contributed by atoms with E-state index in [-0.39, 0.29) is 11.4 Å². The summed E-state index contributed by atoms with van der Waals surface area (Å²) in [7, 11) is 0. The summed E-state index contributed by atoms with van der Waals surface area (Å²) in [4.78, 5) is 27.9. The summed E-state index contributed by atoms with van der Waals surface area (Å²) in [6.45, 7) is 6.55. The summed E-state index contributed by atoms with van der Waals surface area (Å²) >= 11 is 3.29. The second-order valence-electron chi connectivity index (χ2n) is 6.74. The highest BCUT2D eigenvalue weighted by atomic mass is 32.1. The van der Waals surface area contributed by atoms with Crippen molar-refractivity contribution in [1.82, 2.24) is 19.5 Å². The highest BCUT2D eigenvalue weighted by molar-refractivity contribution is 7.20. The van der Waals surface area contributed by atoms with Gasteiger partial charge in [0.15, 0.2) is 5.13 Å². The Labute approximate surface area is 147 Å². The molecule has 0 atom stereocenters. The van der Waals surface area contributed by atoms with Crippen LogP contribution < -0.4 is 5.32 Å². The normalized spacial score (nSPS) is 13.5. The topological polar surface area (TPSA) is 72.7 Å². The van der Waals surface area contributed by atoms with Crippen molar-refractivity contribution in [2.75, 3.05) is 5.32 Å². The molecule has 24 heavy (non-hydrogen) atoms. The number of carbonyl (C=O) groups excluding carboxylic acids is 1. The number of anilines is 1. The summed E-state index contributed by atoms with van der Waals surface area (Å²) < 4.78 is 1.40. The van der Waals surface area contributed by atoms with Crippen LogP contribution in [-0.4, -0.2) is 25.6 Å². The number of hydrogen-bond acceptors (Lipinski definition) is 6. The van der Waals surface area contributed by atoms with Gasteiger partial charge in [0.1, 0.15) is 6.33 Å². The first-order valence-corrected chi connectivity index (χ1v) is 9.34. The lowest BCUT2D eigenvalue weighted by molar-refractivity contribution is 0.253. The van der Waals surface area contributed by atoms with Gasteiger partial charge in [-0.15, -0.1) is 11.3 Å². The van der Waals surface area contributed by atoms with E-state index in [0.717, 1.165) is 34.1 Å². The van der Waals surface area contributed by atoms with Gasteiger partial charge in [-0.25, -0.2) is 19.7 Å². The summed E-state index contributed by atoms with van der Waals surface area (Å²) in [5.41, 5.74) is 2.12. The van der Waals surface area contributed by atoms with Crippen LogP contribution in [0.3, 0.4) is 0 Å². The molecule has 0 unspecified atom stereocenters. The van der Waals surface area contributed by atoms with Crippen molar-refractivity contribution in [2.45, 2.75) is 39.0 Å². The molecule has 124 valence electrons. The van der Waals surface area contributed by atoms with Crippen molar-refractivity contribution >= 4 is 33.8 Å². The first-order valence-electron chi connectivity index (χ1n) is 7.71. The SMILES string of the molecule is CC(C)(C)c1nc2c(s1)CCc1nc(NC(=O)n3ccnc3)sc1-2. The van der Waals surface area contributed by atoms with E-state index in [1.54, 1.807) is 23.7 Å². The van der Waals surface area contributed by atoms with Gasteiger partial charge in [0.05, 0.1) is 21.3 Å². The van der Waals surface area contributed by atoms with Crippen LogP contribution in [0.5, 0.6) is 0 Å². The Morgan fingerprint density at radius 2 is 2.08 bits per heavy atom. The smallest absolute Gasteiger partial charge is 0.283 e. The fourth-order valence-corrected chi connectivity index (χ4v) is 4.75. The fourth-order valence-electron chi connectivity index (χ4n) is 2.55. The van der Waals surface area contributed by atoms with Crippen LogP contribution in [0.25, 0.3) is 10.6 Å². The van der Waals surface area contributed by atoms with Gasteiger partial charge in [-0.2, -0.15) is 0 Å². The molecule has 0 radical (unpaired) electrons. The number of fused-ring (bicyclic) bond motifs is 3. The second-order valence-corrected chi connectivity index (χ2v) is 8.82. The van der Waals surface area contributed by atoms with Crippen molar-refractivity contribution < 1.29 is 4.79 Å².